The number of anilines is 1. The highest BCUT2D eigenvalue weighted by Gasteiger charge is 2.22. The predicted molar refractivity (Wildman–Crippen MR) is 145 cm³/mol. The highest BCUT2D eigenvalue weighted by molar-refractivity contribution is 6.33. The summed E-state index contributed by atoms with van der Waals surface area (Å²) in [6.07, 6.45) is 6.06. The van der Waals surface area contributed by atoms with Gasteiger partial charge in [-0.1, -0.05) is 54.2 Å². The summed E-state index contributed by atoms with van der Waals surface area (Å²) in [4.78, 5) is 23.7. The molecule has 1 atom stereocenters. The van der Waals surface area contributed by atoms with Gasteiger partial charge < -0.3 is 21.7 Å². The second-order valence-corrected chi connectivity index (χ2v) is 9.24. The van der Waals surface area contributed by atoms with Crippen LogP contribution in [0.3, 0.4) is 0 Å². The summed E-state index contributed by atoms with van der Waals surface area (Å²) in [6, 6.07) is 12.0. The molecule has 3 rings (SSSR count). The second-order valence-electron chi connectivity index (χ2n) is 8.48. The molecule has 1 aromatic heterocycles. The largest absolute Gasteiger partial charge is 0.385 e. The van der Waals surface area contributed by atoms with Crippen LogP contribution in [0.15, 0.2) is 48.7 Å². The lowest BCUT2D eigenvalue weighted by Crippen LogP contribution is -2.28. The maximum Gasteiger partial charge on any atom is 0.256 e. The minimum atomic E-state index is -0.679. The quantitative estimate of drug-likeness (QED) is 0.160. The van der Waals surface area contributed by atoms with Crippen molar-refractivity contribution in [2.75, 3.05) is 25.0 Å². The van der Waals surface area contributed by atoms with E-state index in [0.29, 0.717) is 25.9 Å². The molecule has 5 N–H and O–H groups in total. The average molecular weight is 549 g/mol. The molecule has 0 unspecified atom stereocenters. The number of carbonyl (C=O) groups is 2. The van der Waals surface area contributed by atoms with Crippen LogP contribution in [0.1, 0.15) is 54.1 Å². The Morgan fingerprint density at radius 3 is 2.70 bits per heavy atom. The molecule has 0 saturated carbocycles. The van der Waals surface area contributed by atoms with Crippen LogP contribution >= 0.6 is 23.2 Å². The van der Waals surface area contributed by atoms with Crippen LogP contribution in [0.4, 0.5) is 10.1 Å². The molecule has 0 saturated heterocycles. The van der Waals surface area contributed by atoms with Crippen molar-refractivity contribution < 1.29 is 14.0 Å². The fourth-order valence-electron chi connectivity index (χ4n) is 3.88. The third kappa shape index (κ3) is 7.92. The first kappa shape index (κ1) is 28.4. The Labute approximate surface area is 225 Å². The van der Waals surface area contributed by atoms with Crippen molar-refractivity contribution in [3.63, 3.8) is 0 Å². The molecule has 2 amide bonds. The van der Waals surface area contributed by atoms with E-state index in [1.807, 2.05) is 24.3 Å². The lowest BCUT2D eigenvalue weighted by molar-refractivity contribution is -0.109. The van der Waals surface area contributed by atoms with E-state index in [2.05, 4.69) is 21.0 Å². The van der Waals surface area contributed by atoms with Crippen LogP contribution in [-0.4, -0.2) is 41.7 Å². The Hall–Kier alpha value is -3.14. The number of aromatic nitrogens is 2. The van der Waals surface area contributed by atoms with E-state index in [1.165, 1.54) is 18.3 Å². The Morgan fingerprint density at radius 1 is 1.11 bits per heavy atom. The highest BCUT2D eigenvalue weighted by Crippen LogP contribution is 2.28. The number of benzene rings is 2. The lowest BCUT2D eigenvalue weighted by atomic mass is 9.99. The molecule has 198 valence electrons. The summed E-state index contributed by atoms with van der Waals surface area (Å²) in [5.74, 6) is -1.10. The van der Waals surface area contributed by atoms with Gasteiger partial charge in [0, 0.05) is 18.8 Å². The Kier molecular flexibility index (Phi) is 11.2. The summed E-state index contributed by atoms with van der Waals surface area (Å²) in [5, 5.41) is 13.1. The average Bonchev–Trinajstić information content (AvgIpc) is 3.28. The van der Waals surface area contributed by atoms with Gasteiger partial charge in [0.05, 0.1) is 22.8 Å². The van der Waals surface area contributed by atoms with Crippen molar-refractivity contribution in [1.29, 1.82) is 0 Å². The molecule has 0 aliphatic carbocycles. The minimum Gasteiger partial charge on any atom is -0.385 e. The number of hydrogen-bond acceptors (Lipinski definition) is 5. The number of halogens is 3. The van der Waals surface area contributed by atoms with Crippen molar-refractivity contribution in [1.82, 2.24) is 20.4 Å². The van der Waals surface area contributed by atoms with Gasteiger partial charge in [-0.15, -0.1) is 0 Å². The van der Waals surface area contributed by atoms with E-state index in [0.717, 1.165) is 48.2 Å². The zero-order valence-electron chi connectivity index (χ0n) is 20.4. The maximum absolute atomic E-state index is 14.5. The van der Waals surface area contributed by atoms with Crippen LogP contribution in [0.2, 0.25) is 10.2 Å². The van der Waals surface area contributed by atoms with E-state index in [1.54, 1.807) is 6.07 Å². The molecule has 1 heterocycles. The van der Waals surface area contributed by atoms with Gasteiger partial charge in [-0.2, -0.15) is 5.10 Å². The number of nitrogens with one attached hydrogen (secondary N) is 3. The van der Waals surface area contributed by atoms with Crippen molar-refractivity contribution >= 4 is 41.2 Å². The number of nitrogens with zero attached hydrogens (tertiary/aromatic N) is 2. The van der Waals surface area contributed by atoms with Crippen LogP contribution in [-0.2, 0) is 4.79 Å². The monoisotopic (exact) mass is 548 g/mol. The van der Waals surface area contributed by atoms with E-state index in [4.69, 9.17) is 28.9 Å². The normalized spacial score (nSPS) is 11.7. The molecule has 0 bridgehead atoms. The van der Waals surface area contributed by atoms with Crippen LogP contribution in [0.25, 0.3) is 5.69 Å². The molecule has 0 aliphatic rings. The summed E-state index contributed by atoms with van der Waals surface area (Å²) in [6.45, 7) is 1.95. The Bertz CT molecular complexity index is 1190. The molecule has 0 aliphatic heterocycles. The molecule has 0 radical (unpaired) electrons. The first-order valence-electron chi connectivity index (χ1n) is 12.2. The van der Waals surface area contributed by atoms with Gasteiger partial charge in [-0.25, -0.2) is 9.07 Å². The molecule has 3 aromatic rings. The van der Waals surface area contributed by atoms with Gasteiger partial charge in [0.1, 0.15) is 10.8 Å². The Morgan fingerprint density at radius 2 is 1.92 bits per heavy atom. The number of rotatable bonds is 15. The fraction of sp³-hybridized carbons (Fsp3) is 0.346. The van der Waals surface area contributed by atoms with Gasteiger partial charge in [0.25, 0.3) is 5.91 Å². The SMILES string of the molecule is NCCCNc1cccc([C@H](CCCCCNC=O)NC(=O)c2cnn(-c3cccc(Cl)c3F)c2Cl)c1. The van der Waals surface area contributed by atoms with Gasteiger partial charge in [-0.05, 0) is 55.6 Å². The van der Waals surface area contributed by atoms with Crippen LogP contribution in [0.5, 0.6) is 0 Å². The molecular formula is C26H31Cl2FN6O2. The van der Waals surface area contributed by atoms with Crippen molar-refractivity contribution in [2.45, 2.75) is 38.1 Å². The van der Waals surface area contributed by atoms with Crippen molar-refractivity contribution in [2.24, 2.45) is 5.73 Å². The zero-order chi connectivity index (χ0) is 26.6. The molecular weight excluding hydrogens is 518 g/mol. The third-order valence-corrected chi connectivity index (χ3v) is 6.47. The molecule has 0 fully saturated rings. The zero-order valence-corrected chi connectivity index (χ0v) is 21.9. The van der Waals surface area contributed by atoms with E-state index in [9.17, 15) is 14.0 Å². The molecule has 0 spiro atoms. The molecule has 37 heavy (non-hydrogen) atoms. The first-order chi connectivity index (χ1) is 18.0. The fourth-order valence-corrected chi connectivity index (χ4v) is 4.32. The van der Waals surface area contributed by atoms with Crippen LogP contribution < -0.4 is 21.7 Å². The summed E-state index contributed by atoms with van der Waals surface area (Å²) < 4.78 is 15.7. The topological polar surface area (TPSA) is 114 Å². The highest BCUT2D eigenvalue weighted by atomic mass is 35.5. The van der Waals surface area contributed by atoms with Crippen molar-refractivity contribution in [3.05, 3.63) is 75.8 Å². The summed E-state index contributed by atoms with van der Waals surface area (Å²) >= 11 is 12.3. The van der Waals surface area contributed by atoms with E-state index < -0.39 is 11.7 Å². The smallest absolute Gasteiger partial charge is 0.256 e. The van der Waals surface area contributed by atoms with Gasteiger partial charge >= 0.3 is 0 Å². The number of unbranched alkanes of at least 4 members (excludes halogenated alkanes) is 2. The van der Waals surface area contributed by atoms with Gasteiger partial charge in [0.15, 0.2) is 5.82 Å². The summed E-state index contributed by atoms with van der Waals surface area (Å²) in [7, 11) is 0. The standard InChI is InChI=1S/C26H31Cl2FN6O2/c27-21-9-5-11-23(24(21)29)35-25(28)20(16-33-35)26(37)34-22(10-2-1-3-13-31-17-36)18-7-4-8-19(15-18)32-14-6-12-30/h4-5,7-9,11,15-17,22,32H,1-3,6,10,12-14,30H2,(H,31,36)(H,34,37)/t22-/m0/s1. The number of hydrogen-bond donors (Lipinski definition) is 4. The molecule has 8 nitrogen and oxygen atoms in total. The lowest BCUT2D eigenvalue weighted by Gasteiger charge is -2.20. The number of carbonyl (C=O) groups excluding carboxylic acids is 2. The van der Waals surface area contributed by atoms with Gasteiger partial charge in [-0.3, -0.25) is 9.59 Å². The predicted octanol–water partition coefficient (Wildman–Crippen LogP) is 4.86. The third-order valence-electron chi connectivity index (χ3n) is 5.82. The van der Waals surface area contributed by atoms with E-state index >= 15 is 0 Å². The van der Waals surface area contributed by atoms with Crippen molar-refractivity contribution in [3.8, 4) is 5.69 Å². The van der Waals surface area contributed by atoms with Gasteiger partial charge in [0.2, 0.25) is 6.41 Å². The number of nitrogens with two attached hydrogens (primary N) is 1. The molecule has 11 heteroatoms. The molecule has 2 aromatic carbocycles. The number of amides is 2. The second kappa shape index (κ2) is 14.6. The van der Waals surface area contributed by atoms with E-state index in [-0.39, 0.29) is 27.5 Å². The first-order valence-corrected chi connectivity index (χ1v) is 12.9. The van der Waals surface area contributed by atoms with Crippen LogP contribution in [0, 0.1) is 5.82 Å². The Balaban J connectivity index is 1.78. The summed E-state index contributed by atoms with van der Waals surface area (Å²) in [5.41, 5.74) is 7.63. The minimum absolute atomic E-state index is 0.0189. The maximum atomic E-state index is 14.5.